The maximum absolute atomic E-state index is 12.8. The van der Waals surface area contributed by atoms with Crippen LogP contribution < -0.4 is 21.3 Å². The molecule has 0 saturated carbocycles. The molecule has 12 nitrogen and oxygen atoms in total. The van der Waals surface area contributed by atoms with Gasteiger partial charge in [0.05, 0.1) is 19.4 Å². The van der Waals surface area contributed by atoms with Crippen molar-refractivity contribution in [1.82, 2.24) is 21.3 Å². The van der Waals surface area contributed by atoms with Gasteiger partial charge < -0.3 is 31.1 Å². The largest absolute Gasteiger partial charge is 0.480 e. The maximum atomic E-state index is 12.8. The lowest BCUT2D eigenvalue weighted by atomic mass is 10.1. The second-order valence-electron chi connectivity index (χ2n) is 8.77. The van der Waals surface area contributed by atoms with Gasteiger partial charge in [-0.3, -0.25) is 28.8 Å². The molecule has 5 N–H and O–H groups in total. The fourth-order valence-electron chi connectivity index (χ4n) is 3.43. The number of carboxylic acid groups (broad SMARTS) is 1. The Bertz CT molecular complexity index is 1200. The molecule has 0 aliphatic carbocycles. The number of hydrogen-bond acceptors (Lipinski definition) is 9. The van der Waals surface area contributed by atoms with Crippen molar-refractivity contribution in [3.8, 4) is 0 Å². The molecule has 0 bridgehead atoms. The van der Waals surface area contributed by atoms with Gasteiger partial charge in [-0.1, -0.05) is 82.3 Å². The Morgan fingerprint density at radius 2 is 1.14 bits per heavy atom. The summed E-state index contributed by atoms with van der Waals surface area (Å²) in [4.78, 5) is 73.3. The first-order valence-electron chi connectivity index (χ1n) is 13.0. The first-order valence-corrected chi connectivity index (χ1v) is 15.5. The summed E-state index contributed by atoms with van der Waals surface area (Å²) >= 11 is 0. The Balaban J connectivity index is 1.99. The highest BCUT2D eigenvalue weighted by molar-refractivity contribution is 8.76. The molecule has 0 spiro atoms. The predicted molar refractivity (Wildman–Crippen MR) is 159 cm³/mol. The summed E-state index contributed by atoms with van der Waals surface area (Å²) in [6, 6.07) is 15.8. The minimum atomic E-state index is -1.23. The molecule has 4 amide bonds. The number of carboxylic acids is 1. The average Bonchev–Trinajstić information content (AvgIpc) is 2.96. The van der Waals surface area contributed by atoms with E-state index >= 15 is 0 Å². The number of aliphatic carboxylic acids is 1. The Kier molecular flexibility index (Phi) is 15.6. The second kappa shape index (κ2) is 19.1. The number of carbonyl (C=O) groups excluding carboxylic acids is 5. The third-order valence-corrected chi connectivity index (χ3v) is 7.82. The van der Waals surface area contributed by atoms with Crippen LogP contribution in [0.2, 0.25) is 0 Å². The van der Waals surface area contributed by atoms with E-state index in [1.807, 2.05) is 12.1 Å². The van der Waals surface area contributed by atoms with Gasteiger partial charge in [-0.05, 0) is 18.1 Å². The van der Waals surface area contributed by atoms with Crippen molar-refractivity contribution < 1.29 is 38.6 Å². The first-order chi connectivity index (χ1) is 20.2. The summed E-state index contributed by atoms with van der Waals surface area (Å²) in [5, 5.41) is 18.9. The molecular weight excluding hydrogens is 584 g/mol. The van der Waals surface area contributed by atoms with E-state index in [1.54, 1.807) is 55.5 Å². The third-order valence-electron chi connectivity index (χ3n) is 5.40. The van der Waals surface area contributed by atoms with Gasteiger partial charge in [0, 0.05) is 11.5 Å². The Labute approximate surface area is 251 Å². The summed E-state index contributed by atoms with van der Waals surface area (Å²) in [6.07, 6.45) is 0.0666. The Hall–Kier alpha value is -4.04. The molecule has 0 aromatic heterocycles. The number of ether oxygens (including phenoxy) is 1. The van der Waals surface area contributed by atoms with Crippen LogP contribution in [0.4, 0.5) is 0 Å². The molecule has 0 aliphatic heterocycles. The lowest BCUT2D eigenvalue weighted by Crippen LogP contribution is -2.50. The van der Waals surface area contributed by atoms with E-state index in [-0.39, 0.29) is 37.5 Å². The van der Waals surface area contributed by atoms with Gasteiger partial charge >= 0.3 is 11.9 Å². The maximum Gasteiger partial charge on any atom is 0.325 e. The minimum absolute atomic E-state index is 0.0253. The standard InChI is InChI=1S/C28H34N4O8S2/c1-2-40-26(37)16-30-28(39)22(32-24(34)14-20-11-7-4-8-12-20)18-42-41-17-21(27(38)29-15-25(35)36)31-23(33)13-19-9-5-3-6-10-19/h3-12,21-22H,2,13-18H2,1H3,(H,29,38)(H,30,39)(H,31,33)(H,32,34)(H,35,36)/t21-,22-/m0/s1. The molecule has 42 heavy (non-hydrogen) atoms. The molecule has 0 radical (unpaired) electrons. The normalized spacial score (nSPS) is 11.8. The van der Waals surface area contributed by atoms with Crippen molar-refractivity contribution in [2.24, 2.45) is 0 Å². The SMILES string of the molecule is CCOC(=O)CNC(=O)[C@H](CSSC[C@H](NC(=O)Cc1ccccc1)C(=O)NCC(=O)O)NC(=O)Cc1ccccc1. The van der Waals surface area contributed by atoms with Crippen LogP contribution in [0.3, 0.4) is 0 Å². The number of rotatable bonds is 18. The van der Waals surface area contributed by atoms with Crippen LogP contribution in [0.5, 0.6) is 0 Å². The van der Waals surface area contributed by atoms with Gasteiger partial charge in [-0.15, -0.1) is 0 Å². The highest BCUT2D eigenvalue weighted by Gasteiger charge is 2.24. The smallest absolute Gasteiger partial charge is 0.325 e. The molecular formula is C28H34N4O8S2. The lowest BCUT2D eigenvalue weighted by Gasteiger charge is -2.20. The van der Waals surface area contributed by atoms with Crippen molar-refractivity contribution in [2.75, 3.05) is 31.2 Å². The van der Waals surface area contributed by atoms with E-state index in [9.17, 15) is 28.8 Å². The molecule has 2 rings (SSSR count). The Morgan fingerprint density at radius 3 is 1.55 bits per heavy atom. The van der Waals surface area contributed by atoms with Crippen molar-refractivity contribution in [3.63, 3.8) is 0 Å². The number of benzene rings is 2. The van der Waals surface area contributed by atoms with Gasteiger partial charge in [0.15, 0.2) is 0 Å². The summed E-state index contributed by atoms with van der Waals surface area (Å²) < 4.78 is 4.82. The molecule has 0 heterocycles. The van der Waals surface area contributed by atoms with E-state index in [1.165, 1.54) is 0 Å². The van der Waals surface area contributed by atoms with E-state index in [4.69, 9.17) is 9.84 Å². The van der Waals surface area contributed by atoms with Crippen molar-refractivity contribution in [1.29, 1.82) is 0 Å². The fraction of sp³-hybridized carbons (Fsp3) is 0.357. The molecule has 14 heteroatoms. The molecule has 2 aromatic carbocycles. The van der Waals surface area contributed by atoms with Gasteiger partial charge in [-0.2, -0.15) is 0 Å². The van der Waals surface area contributed by atoms with Crippen LogP contribution in [0.15, 0.2) is 60.7 Å². The quantitative estimate of drug-likeness (QED) is 0.0907. The number of amides is 4. The third kappa shape index (κ3) is 14.0. The zero-order chi connectivity index (χ0) is 30.7. The van der Waals surface area contributed by atoms with Gasteiger partial charge in [0.25, 0.3) is 0 Å². The van der Waals surface area contributed by atoms with Crippen LogP contribution in [-0.4, -0.2) is 84.0 Å². The van der Waals surface area contributed by atoms with E-state index < -0.39 is 54.2 Å². The molecule has 2 aromatic rings. The van der Waals surface area contributed by atoms with Crippen LogP contribution in [0.25, 0.3) is 0 Å². The van der Waals surface area contributed by atoms with Gasteiger partial charge in [0.1, 0.15) is 25.2 Å². The molecule has 0 fully saturated rings. The fourth-order valence-corrected chi connectivity index (χ4v) is 5.76. The second-order valence-corrected chi connectivity index (χ2v) is 11.3. The molecule has 2 atom stereocenters. The van der Waals surface area contributed by atoms with E-state index in [2.05, 4.69) is 21.3 Å². The predicted octanol–water partition coefficient (Wildman–Crippen LogP) is 0.703. The highest BCUT2D eigenvalue weighted by Crippen LogP contribution is 2.23. The van der Waals surface area contributed by atoms with Crippen LogP contribution in [-0.2, 0) is 46.3 Å². The summed E-state index contributed by atoms with van der Waals surface area (Å²) in [5.74, 6) is -3.83. The zero-order valence-electron chi connectivity index (χ0n) is 23.0. The molecule has 0 unspecified atom stereocenters. The van der Waals surface area contributed by atoms with Crippen molar-refractivity contribution >= 4 is 57.2 Å². The van der Waals surface area contributed by atoms with Crippen LogP contribution in [0, 0.1) is 0 Å². The molecule has 0 aliphatic rings. The summed E-state index contributed by atoms with van der Waals surface area (Å²) in [7, 11) is 2.31. The number of carbonyl (C=O) groups is 6. The van der Waals surface area contributed by atoms with Gasteiger partial charge in [-0.25, -0.2) is 0 Å². The number of nitrogens with one attached hydrogen (secondary N) is 4. The molecule has 226 valence electrons. The zero-order valence-corrected chi connectivity index (χ0v) is 24.6. The highest BCUT2D eigenvalue weighted by atomic mass is 33.1. The van der Waals surface area contributed by atoms with Crippen LogP contribution >= 0.6 is 21.6 Å². The first kappa shape index (κ1) is 34.2. The topological polar surface area (TPSA) is 180 Å². The van der Waals surface area contributed by atoms with E-state index in [0.29, 0.717) is 0 Å². The monoisotopic (exact) mass is 618 g/mol. The molecule has 0 saturated heterocycles. The Morgan fingerprint density at radius 1 is 0.714 bits per heavy atom. The average molecular weight is 619 g/mol. The minimum Gasteiger partial charge on any atom is -0.480 e. The van der Waals surface area contributed by atoms with Crippen molar-refractivity contribution in [2.45, 2.75) is 31.8 Å². The lowest BCUT2D eigenvalue weighted by molar-refractivity contribution is -0.143. The van der Waals surface area contributed by atoms with Gasteiger partial charge in [0.2, 0.25) is 23.6 Å². The number of esters is 1. The summed E-state index contributed by atoms with van der Waals surface area (Å²) in [5.41, 5.74) is 1.49. The van der Waals surface area contributed by atoms with E-state index in [0.717, 1.165) is 32.7 Å². The summed E-state index contributed by atoms with van der Waals surface area (Å²) in [6.45, 7) is 0.813. The van der Waals surface area contributed by atoms with Crippen molar-refractivity contribution in [3.05, 3.63) is 71.8 Å². The number of hydrogen-bond donors (Lipinski definition) is 5. The van der Waals surface area contributed by atoms with Crippen LogP contribution in [0.1, 0.15) is 18.1 Å².